The van der Waals surface area contributed by atoms with Gasteiger partial charge < -0.3 is 20.9 Å². The molecule has 0 radical (unpaired) electrons. The van der Waals surface area contributed by atoms with E-state index in [0.29, 0.717) is 11.5 Å². The molecule has 0 aromatic rings. The molecule has 0 aromatic carbocycles. The number of rotatable bonds is 9. The van der Waals surface area contributed by atoms with Crippen molar-refractivity contribution in [3.63, 3.8) is 0 Å². The zero-order chi connectivity index (χ0) is 14.0. The van der Waals surface area contributed by atoms with Crippen LogP contribution in [0.2, 0.25) is 0 Å². The van der Waals surface area contributed by atoms with E-state index in [9.17, 15) is 9.59 Å². The van der Waals surface area contributed by atoms with Crippen LogP contribution in [0.1, 0.15) is 12.8 Å². The number of hydrogen-bond donors (Lipinski definition) is 2. The quantitative estimate of drug-likeness (QED) is 0.352. The lowest BCUT2D eigenvalue weighted by Gasteiger charge is -2.11. The molecule has 18 heavy (non-hydrogen) atoms. The lowest BCUT2D eigenvalue weighted by Crippen LogP contribution is -2.28. The van der Waals surface area contributed by atoms with Crippen LogP contribution >= 0.6 is 21.6 Å². The normalized spacial score (nSPS) is 13.8. The molecular weight excluding hydrogens is 276 g/mol. The summed E-state index contributed by atoms with van der Waals surface area (Å²) in [7, 11) is 5.73. The van der Waals surface area contributed by atoms with Gasteiger partial charge in [-0.1, -0.05) is 21.6 Å². The fraction of sp³-hybridized carbons (Fsp3) is 0.800. The van der Waals surface area contributed by atoms with Crippen LogP contribution in [-0.2, 0) is 19.1 Å². The summed E-state index contributed by atoms with van der Waals surface area (Å²) >= 11 is 0. The van der Waals surface area contributed by atoms with Gasteiger partial charge in [-0.25, -0.2) is 0 Å². The van der Waals surface area contributed by atoms with E-state index in [1.54, 1.807) is 0 Å². The van der Waals surface area contributed by atoms with Crippen LogP contribution < -0.4 is 11.5 Å². The third kappa shape index (κ3) is 9.58. The minimum absolute atomic E-state index is 0.207. The minimum Gasteiger partial charge on any atom is -0.469 e. The number of methoxy groups -OCH3 is 2. The van der Waals surface area contributed by atoms with E-state index in [0.717, 1.165) is 0 Å². The van der Waals surface area contributed by atoms with Gasteiger partial charge >= 0.3 is 11.9 Å². The monoisotopic (exact) mass is 296 g/mol. The van der Waals surface area contributed by atoms with Crippen LogP contribution in [0.15, 0.2) is 0 Å². The van der Waals surface area contributed by atoms with Crippen molar-refractivity contribution in [3.05, 3.63) is 0 Å². The molecule has 0 fully saturated rings. The molecule has 0 heterocycles. The highest BCUT2D eigenvalue weighted by Crippen LogP contribution is 2.23. The van der Waals surface area contributed by atoms with Crippen molar-refractivity contribution in [3.8, 4) is 0 Å². The van der Waals surface area contributed by atoms with Gasteiger partial charge in [-0.15, -0.1) is 0 Å². The van der Waals surface area contributed by atoms with Gasteiger partial charge in [0.15, 0.2) is 0 Å². The lowest BCUT2D eigenvalue weighted by atomic mass is 10.2. The first-order chi connectivity index (χ1) is 8.49. The number of esters is 2. The molecule has 0 aliphatic heterocycles. The maximum atomic E-state index is 10.9. The van der Waals surface area contributed by atoms with Gasteiger partial charge in [0.2, 0.25) is 0 Å². The maximum absolute atomic E-state index is 10.9. The number of hydrogen-bond acceptors (Lipinski definition) is 8. The average molecular weight is 296 g/mol. The second kappa shape index (κ2) is 10.5. The Morgan fingerprint density at radius 1 is 0.944 bits per heavy atom. The number of carbonyl (C=O) groups is 2. The van der Waals surface area contributed by atoms with Crippen LogP contribution in [-0.4, -0.2) is 49.7 Å². The van der Waals surface area contributed by atoms with Crippen molar-refractivity contribution < 1.29 is 19.1 Å². The molecule has 0 aromatic heterocycles. The summed E-state index contributed by atoms with van der Waals surface area (Å²) in [6, 6.07) is -0.460. The van der Waals surface area contributed by atoms with E-state index in [4.69, 9.17) is 11.5 Å². The van der Waals surface area contributed by atoms with E-state index in [1.807, 2.05) is 0 Å². The molecule has 0 saturated heterocycles. The highest BCUT2D eigenvalue weighted by molar-refractivity contribution is 8.76. The third-order valence-corrected chi connectivity index (χ3v) is 4.57. The standard InChI is InChI=1S/C10H20N2O4S2/c1-15-9(13)3-7(11)5-17-18-6-8(12)4-10(14)16-2/h7-8H,3-6,11-12H2,1-2H3. The Morgan fingerprint density at radius 2 is 1.28 bits per heavy atom. The molecule has 2 atom stereocenters. The zero-order valence-electron chi connectivity index (χ0n) is 10.6. The summed E-state index contributed by atoms with van der Waals surface area (Å²) in [6.45, 7) is 0. The smallest absolute Gasteiger partial charge is 0.307 e. The predicted octanol–water partition coefficient (Wildman–Crippen LogP) is 0.149. The number of carbonyl (C=O) groups excluding carboxylic acids is 2. The Hall–Kier alpha value is -0.440. The molecule has 0 aliphatic rings. The fourth-order valence-electron chi connectivity index (χ4n) is 0.984. The van der Waals surface area contributed by atoms with E-state index in [1.165, 1.54) is 35.8 Å². The van der Waals surface area contributed by atoms with Crippen LogP contribution in [0.4, 0.5) is 0 Å². The Kier molecular flexibility index (Phi) is 10.2. The summed E-state index contributed by atoms with van der Waals surface area (Å²) < 4.78 is 9.03. The van der Waals surface area contributed by atoms with Crippen LogP contribution in [0.25, 0.3) is 0 Å². The Bertz CT molecular complexity index is 240. The molecular formula is C10H20N2O4S2. The molecule has 0 spiro atoms. The summed E-state index contributed by atoms with van der Waals surface area (Å²) in [5.41, 5.74) is 11.5. The number of nitrogens with two attached hydrogens (primary N) is 2. The number of ether oxygens (including phenoxy) is 2. The summed E-state index contributed by atoms with van der Waals surface area (Å²) in [5, 5.41) is 0. The summed E-state index contributed by atoms with van der Waals surface area (Å²) in [5.74, 6) is 0.640. The molecule has 106 valence electrons. The molecule has 6 nitrogen and oxygen atoms in total. The molecule has 4 N–H and O–H groups in total. The summed E-state index contributed by atoms with van der Waals surface area (Å²) in [6.07, 6.45) is 0.413. The van der Waals surface area contributed by atoms with E-state index in [-0.39, 0.29) is 36.9 Å². The molecule has 8 heteroatoms. The highest BCUT2D eigenvalue weighted by Gasteiger charge is 2.12. The maximum Gasteiger partial charge on any atom is 0.307 e. The topological polar surface area (TPSA) is 105 Å². The second-order valence-electron chi connectivity index (χ2n) is 3.65. The van der Waals surface area contributed by atoms with E-state index >= 15 is 0 Å². The SMILES string of the molecule is COC(=O)CC(N)CSSCC(N)CC(=O)OC. The third-order valence-electron chi connectivity index (χ3n) is 1.96. The zero-order valence-corrected chi connectivity index (χ0v) is 12.2. The fourth-order valence-corrected chi connectivity index (χ4v) is 3.39. The van der Waals surface area contributed by atoms with Crippen molar-refractivity contribution in [2.24, 2.45) is 11.5 Å². The Balaban J connectivity index is 3.54. The van der Waals surface area contributed by atoms with Gasteiger partial charge in [0, 0.05) is 23.6 Å². The van der Waals surface area contributed by atoms with Crippen LogP contribution in [0.5, 0.6) is 0 Å². The van der Waals surface area contributed by atoms with Gasteiger partial charge in [0.25, 0.3) is 0 Å². The largest absolute Gasteiger partial charge is 0.469 e. The van der Waals surface area contributed by atoms with Gasteiger partial charge in [0.05, 0.1) is 27.1 Å². The Labute approximate surface area is 115 Å². The minimum atomic E-state index is -0.310. The molecule has 0 saturated carbocycles. The summed E-state index contributed by atoms with van der Waals surface area (Å²) in [4.78, 5) is 21.9. The first kappa shape index (κ1) is 17.6. The molecule has 2 unspecified atom stereocenters. The predicted molar refractivity (Wildman–Crippen MR) is 74.1 cm³/mol. The van der Waals surface area contributed by atoms with Crippen molar-refractivity contribution in [2.45, 2.75) is 24.9 Å². The van der Waals surface area contributed by atoms with E-state index in [2.05, 4.69) is 9.47 Å². The Morgan fingerprint density at radius 3 is 1.56 bits per heavy atom. The lowest BCUT2D eigenvalue weighted by molar-refractivity contribution is -0.141. The average Bonchev–Trinajstić information content (AvgIpc) is 2.34. The van der Waals surface area contributed by atoms with Gasteiger partial charge in [-0.3, -0.25) is 9.59 Å². The molecule has 0 amide bonds. The first-order valence-electron chi connectivity index (χ1n) is 5.38. The second-order valence-corrected chi connectivity index (χ2v) is 6.20. The van der Waals surface area contributed by atoms with Gasteiger partial charge in [-0.2, -0.15) is 0 Å². The molecule has 0 bridgehead atoms. The van der Waals surface area contributed by atoms with Crippen LogP contribution in [0.3, 0.4) is 0 Å². The van der Waals surface area contributed by atoms with Crippen molar-refractivity contribution in [1.82, 2.24) is 0 Å². The molecule has 0 aliphatic carbocycles. The molecule has 0 rings (SSSR count). The van der Waals surface area contributed by atoms with Crippen molar-refractivity contribution >= 4 is 33.5 Å². The first-order valence-corrected chi connectivity index (χ1v) is 7.87. The van der Waals surface area contributed by atoms with Gasteiger partial charge in [0.1, 0.15) is 0 Å². The van der Waals surface area contributed by atoms with Crippen LogP contribution in [0, 0.1) is 0 Å². The van der Waals surface area contributed by atoms with Gasteiger partial charge in [-0.05, 0) is 0 Å². The highest BCUT2D eigenvalue weighted by atomic mass is 33.1. The van der Waals surface area contributed by atoms with Crippen molar-refractivity contribution in [2.75, 3.05) is 25.7 Å². The van der Waals surface area contributed by atoms with Crippen molar-refractivity contribution in [1.29, 1.82) is 0 Å². The van der Waals surface area contributed by atoms with E-state index < -0.39 is 0 Å².